The number of hydrogen-bond donors (Lipinski definition) is 0. The predicted molar refractivity (Wildman–Crippen MR) is 241 cm³/mol. The molecule has 0 radical (unpaired) electrons. The van der Waals surface area contributed by atoms with Gasteiger partial charge in [0, 0.05) is 44.9 Å². The van der Waals surface area contributed by atoms with Gasteiger partial charge in [0.15, 0.2) is 0 Å². The van der Waals surface area contributed by atoms with Crippen LogP contribution < -0.4 is 0 Å². The average molecular weight is 728 g/mol. The van der Waals surface area contributed by atoms with Crippen molar-refractivity contribution in [1.29, 1.82) is 0 Å². The highest BCUT2D eigenvalue weighted by molar-refractivity contribution is 6.21. The molecule has 0 spiro atoms. The van der Waals surface area contributed by atoms with Crippen molar-refractivity contribution >= 4 is 61.7 Å². The maximum Gasteiger partial charge on any atom is 0.0971 e. The zero-order valence-electron chi connectivity index (χ0n) is 31.5. The SMILES string of the molecule is C=Nc1c(/C=C\C)ccc2ccc(-c3c4ccccc4c(-c4ccc(-c5nc6c(c7ccccc57)C5C=CC=CC5c5ccccc5-6)cc4)c4ccccc34)nc12. The summed E-state index contributed by atoms with van der Waals surface area (Å²) in [6, 6.07) is 52.7. The molecule has 0 aliphatic heterocycles. The molecular weight excluding hydrogens is 691 g/mol. The van der Waals surface area contributed by atoms with Gasteiger partial charge in [0.2, 0.25) is 0 Å². The first-order valence-electron chi connectivity index (χ1n) is 19.7. The molecule has 9 aromatic rings. The largest absolute Gasteiger partial charge is 0.262 e. The molecule has 7 aromatic carbocycles. The van der Waals surface area contributed by atoms with Gasteiger partial charge in [-0.3, -0.25) is 4.99 Å². The van der Waals surface area contributed by atoms with Crippen molar-refractivity contribution in [2.24, 2.45) is 4.99 Å². The molecule has 2 aromatic heterocycles. The van der Waals surface area contributed by atoms with Gasteiger partial charge in [0.1, 0.15) is 0 Å². The Hall–Kier alpha value is -7.23. The normalized spacial score (nSPS) is 15.7. The monoisotopic (exact) mass is 727 g/mol. The number of aromatic nitrogens is 2. The highest BCUT2D eigenvalue weighted by Gasteiger charge is 2.34. The summed E-state index contributed by atoms with van der Waals surface area (Å²) < 4.78 is 0. The smallest absolute Gasteiger partial charge is 0.0971 e. The van der Waals surface area contributed by atoms with E-state index in [1.54, 1.807) is 0 Å². The van der Waals surface area contributed by atoms with Crippen LogP contribution in [0, 0.1) is 0 Å². The van der Waals surface area contributed by atoms with Gasteiger partial charge in [-0.1, -0.05) is 176 Å². The van der Waals surface area contributed by atoms with Gasteiger partial charge in [-0.15, -0.1) is 0 Å². The maximum absolute atomic E-state index is 5.56. The molecule has 0 N–H and O–H groups in total. The Morgan fingerprint density at radius 1 is 0.544 bits per heavy atom. The molecule has 268 valence electrons. The molecule has 2 aliphatic rings. The minimum atomic E-state index is 0.249. The van der Waals surface area contributed by atoms with E-state index in [-0.39, 0.29) is 5.92 Å². The summed E-state index contributed by atoms with van der Waals surface area (Å²) in [6.45, 7) is 5.94. The van der Waals surface area contributed by atoms with Crippen molar-refractivity contribution in [2.45, 2.75) is 18.8 Å². The van der Waals surface area contributed by atoms with Gasteiger partial charge in [-0.2, -0.15) is 0 Å². The third-order valence-electron chi connectivity index (χ3n) is 12.0. The second-order valence-electron chi connectivity index (χ2n) is 15.0. The highest BCUT2D eigenvalue weighted by atomic mass is 14.8. The van der Waals surface area contributed by atoms with Crippen molar-refractivity contribution < 1.29 is 0 Å². The molecule has 0 saturated heterocycles. The topological polar surface area (TPSA) is 38.1 Å². The van der Waals surface area contributed by atoms with E-state index in [2.05, 4.69) is 188 Å². The number of hydrogen-bond acceptors (Lipinski definition) is 3. The van der Waals surface area contributed by atoms with Crippen LogP contribution in [0.3, 0.4) is 0 Å². The van der Waals surface area contributed by atoms with Gasteiger partial charge in [-0.25, -0.2) is 9.97 Å². The number of rotatable bonds is 5. The summed E-state index contributed by atoms with van der Waals surface area (Å²) in [7, 11) is 0. The summed E-state index contributed by atoms with van der Waals surface area (Å²) in [4.78, 5) is 15.3. The van der Waals surface area contributed by atoms with Crippen molar-refractivity contribution in [2.75, 3.05) is 0 Å². The lowest BCUT2D eigenvalue weighted by atomic mass is 9.70. The molecule has 2 aliphatic carbocycles. The Bertz CT molecular complexity index is 3160. The van der Waals surface area contributed by atoms with E-state index in [1.165, 1.54) is 43.8 Å². The van der Waals surface area contributed by atoms with Crippen LogP contribution in [0.15, 0.2) is 181 Å². The number of fused-ring (bicyclic) bond motifs is 11. The molecule has 2 atom stereocenters. The van der Waals surface area contributed by atoms with Crippen molar-refractivity contribution in [3.63, 3.8) is 0 Å². The van der Waals surface area contributed by atoms with Crippen LogP contribution in [0.1, 0.15) is 35.4 Å². The third-order valence-corrected chi connectivity index (χ3v) is 12.0. The Labute approximate surface area is 331 Å². The Morgan fingerprint density at radius 3 is 1.84 bits per heavy atom. The Kier molecular flexibility index (Phi) is 7.68. The molecule has 0 amide bonds. The summed E-state index contributed by atoms with van der Waals surface area (Å²) in [6.07, 6.45) is 13.2. The lowest BCUT2D eigenvalue weighted by Gasteiger charge is -2.34. The fourth-order valence-corrected chi connectivity index (χ4v) is 9.55. The van der Waals surface area contributed by atoms with Crippen LogP contribution in [0.2, 0.25) is 0 Å². The lowest BCUT2D eigenvalue weighted by Crippen LogP contribution is -2.18. The highest BCUT2D eigenvalue weighted by Crippen LogP contribution is 2.52. The van der Waals surface area contributed by atoms with E-state index in [0.29, 0.717) is 5.92 Å². The molecule has 0 bridgehead atoms. The third kappa shape index (κ3) is 5.09. The van der Waals surface area contributed by atoms with E-state index < -0.39 is 0 Å². The first-order chi connectivity index (χ1) is 28.2. The lowest BCUT2D eigenvalue weighted by molar-refractivity contribution is 0.721. The summed E-state index contributed by atoms with van der Waals surface area (Å²) in [5.74, 6) is 0.555. The molecular formula is C54H37N3. The van der Waals surface area contributed by atoms with E-state index in [4.69, 9.17) is 9.97 Å². The summed E-state index contributed by atoms with van der Waals surface area (Å²) in [5, 5.41) is 8.18. The van der Waals surface area contributed by atoms with Gasteiger partial charge in [-0.05, 0) is 68.9 Å². The molecule has 2 unspecified atom stereocenters. The van der Waals surface area contributed by atoms with Crippen LogP contribution in [0.5, 0.6) is 0 Å². The zero-order valence-corrected chi connectivity index (χ0v) is 31.5. The number of benzene rings is 7. The number of nitrogens with zero attached hydrogens (tertiary/aromatic N) is 3. The molecule has 11 rings (SSSR count). The van der Waals surface area contributed by atoms with Crippen molar-refractivity contribution in [3.8, 4) is 44.9 Å². The van der Waals surface area contributed by atoms with Crippen LogP contribution in [0.25, 0.3) is 94.2 Å². The zero-order chi connectivity index (χ0) is 38.0. The first kappa shape index (κ1) is 33.1. The van der Waals surface area contributed by atoms with E-state index in [0.717, 1.165) is 66.7 Å². The Balaban J connectivity index is 1.09. The molecule has 0 saturated carbocycles. The van der Waals surface area contributed by atoms with E-state index in [1.807, 2.05) is 13.0 Å². The Morgan fingerprint density at radius 2 is 1.14 bits per heavy atom. The fraction of sp³-hybridized carbons (Fsp3) is 0.0556. The summed E-state index contributed by atoms with van der Waals surface area (Å²) >= 11 is 0. The van der Waals surface area contributed by atoms with Crippen LogP contribution in [-0.2, 0) is 0 Å². The van der Waals surface area contributed by atoms with Crippen LogP contribution in [0.4, 0.5) is 5.69 Å². The van der Waals surface area contributed by atoms with Gasteiger partial charge >= 0.3 is 0 Å². The first-order valence-corrected chi connectivity index (χ1v) is 19.7. The fourth-order valence-electron chi connectivity index (χ4n) is 9.55. The maximum atomic E-state index is 5.56. The predicted octanol–water partition coefficient (Wildman–Crippen LogP) is 14.4. The van der Waals surface area contributed by atoms with Gasteiger partial charge in [0.05, 0.1) is 28.3 Å². The second kappa shape index (κ2) is 13.2. The summed E-state index contributed by atoms with van der Waals surface area (Å²) in [5.41, 5.74) is 14.2. The van der Waals surface area contributed by atoms with Crippen molar-refractivity contribution in [3.05, 3.63) is 193 Å². The number of pyridine rings is 2. The number of allylic oxidation sites excluding steroid dienone is 5. The minimum absolute atomic E-state index is 0.249. The molecule has 2 heterocycles. The average Bonchev–Trinajstić information content (AvgIpc) is 3.27. The minimum Gasteiger partial charge on any atom is -0.262 e. The number of aliphatic imine (C=N–C) groups is 1. The van der Waals surface area contributed by atoms with Gasteiger partial charge < -0.3 is 0 Å². The van der Waals surface area contributed by atoms with E-state index >= 15 is 0 Å². The second-order valence-corrected chi connectivity index (χ2v) is 15.0. The van der Waals surface area contributed by atoms with Crippen LogP contribution >= 0.6 is 0 Å². The molecule has 0 fully saturated rings. The molecule has 3 heteroatoms. The molecule has 3 nitrogen and oxygen atoms in total. The van der Waals surface area contributed by atoms with Crippen LogP contribution in [-0.4, -0.2) is 16.7 Å². The quantitative estimate of drug-likeness (QED) is 0.131. The van der Waals surface area contributed by atoms with E-state index in [9.17, 15) is 0 Å². The standard InChI is InChI=1S/C54H37N3/c1-3-14-34-29-30-36-31-32-47(56-53(36)52(34)55-2)49-42-20-9-7-18-40(42)48(41-19-8-10-21-43(41)49)33-25-27-35(28-26-33)51-46-24-13-11-22-44(46)50-39-17-6-4-15-37(39)38-16-5-12-23-45(38)54(50)57-51/h3-32,37,39H,2H2,1H3/b14-3-. The molecule has 57 heavy (non-hydrogen) atoms. The van der Waals surface area contributed by atoms with Gasteiger partial charge in [0.25, 0.3) is 0 Å². The van der Waals surface area contributed by atoms with Crippen molar-refractivity contribution in [1.82, 2.24) is 9.97 Å².